The summed E-state index contributed by atoms with van der Waals surface area (Å²) in [5, 5.41) is 9.47. The van der Waals surface area contributed by atoms with Crippen molar-refractivity contribution < 1.29 is 18.3 Å². The van der Waals surface area contributed by atoms with Gasteiger partial charge >= 0.3 is 5.97 Å². The van der Waals surface area contributed by atoms with E-state index in [0.29, 0.717) is 8.95 Å². The quantitative estimate of drug-likeness (QED) is 0.659. The fourth-order valence-corrected chi connectivity index (χ4v) is 4.74. The van der Waals surface area contributed by atoms with Crippen LogP contribution in [0.25, 0.3) is 0 Å². The molecular formula is C15H12Br2ClNO4S. The third-order valence-electron chi connectivity index (χ3n) is 3.23. The molecule has 2 rings (SSSR count). The molecule has 24 heavy (non-hydrogen) atoms. The van der Waals surface area contributed by atoms with E-state index >= 15 is 0 Å². The smallest absolute Gasteiger partial charge is 0.327 e. The Bertz CT molecular complexity index is 872. The Balaban J connectivity index is 2.66. The Kier molecular flexibility index (Phi) is 5.95. The van der Waals surface area contributed by atoms with Crippen LogP contribution >= 0.6 is 43.5 Å². The Morgan fingerprint density at radius 2 is 1.67 bits per heavy atom. The van der Waals surface area contributed by atoms with Gasteiger partial charge in [0.15, 0.2) is 0 Å². The molecule has 5 nitrogen and oxygen atoms in total. The van der Waals surface area contributed by atoms with Crippen LogP contribution in [0.4, 0.5) is 5.69 Å². The fourth-order valence-electron chi connectivity index (χ4n) is 2.03. The number of carbonyl (C=O) groups is 1. The van der Waals surface area contributed by atoms with E-state index < -0.39 is 22.0 Å². The van der Waals surface area contributed by atoms with E-state index in [1.807, 2.05) is 0 Å². The maximum Gasteiger partial charge on any atom is 0.327 e. The summed E-state index contributed by atoms with van der Waals surface area (Å²) in [4.78, 5) is 11.4. The number of halogens is 3. The van der Waals surface area contributed by atoms with Crippen LogP contribution in [-0.4, -0.2) is 25.5 Å². The van der Waals surface area contributed by atoms with Gasteiger partial charge in [-0.05, 0) is 49.4 Å². The summed E-state index contributed by atoms with van der Waals surface area (Å²) in [6.07, 6.45) is 0. The first-order valence-electron chi connectivity index (χ1n) is 6.62. The number of anilines is 1. The third-order valence-corrected chi connectivity index (χ3v) is 6.45. The molecule has 0 aliphatic heterocycles. The lowest BCUT2D eigenvalue weighted by molar-refractivity contribution is -0.137. The molecule has 0 radical (unpaired) electrons. The first kappa shape index (κ1) is 19.2. The number of rotatable bonds is 5. The van der Waals surface area contributed by atoms with Crippen LogP contribution < -0.4 is 4.31 Å². The zero-order chi connectivity index (χ0) is 18.1. The van der Waals surface area contributed by atoms with Gasteiger partial charge < -0.3 is 5.11 Å². The molecule has 128 valence electrons. The molecule has 0 aliphatic rings. The molecule has 2 aromatic carbocycles. The lowest BCUT2D eigenvalue weighted by Gasteiger charge is -2.28. The van der Waals surface area contributed by atoms with Crippen LogP contribution in [0.1, 0.15) is 6.92 Å². The summed E-state index contributed by atoms with van der Waals surface area (Å²) in [5.74, 6) is -1.28. The van der Waals surface area contributed by atoms with Gasteiger partial charge in [0.2, 0.25) is 0 Å². The highest BCUT2D eigenvalue weighted by Gasteiger charge is 2.34. The number of nitrogens with zero attached hydrogens (tertiary/aromatic N) is 1. The SMILES string of the molecule is CC(C(=O)O)N(c1ccc(Br)cc1Cl)S(=O)(=O)c1ccc(Br)cc1. The van der Waals surface area contributed by atoms with Crippen LogP contribution in [0, 0.1) is 0 Å². The summed E-state index contributed by atoms with van der Waals surface area (Å²) >= 11 is 12.6. The molecule has 0 saturated heterocycles. The lowest BCUT2D eigenvalue weighted by atomic mass is 10.2. The second-order valence-electron chi connectivity index (χ2n) is 4.86. The molecule has 2 aromatic rings. The number of carboxylic acids is 1. The average Bonchev–Trinajstić information content (AvgIpc) is 2.49. The van der Waals surface area contributed by atoms with Crippen LogP contribution in [0.15, 0.2) is 56.3 Å². The van der Waals surface area contributed by atoms with Gasteiger partial charge in [0, 0.05) is 8.95 Å². The lowest BCUT2D eigenvalue weighted by Crippen LogP contribution is -2.43. The predicted molar refractivity (Wildman–Crippen MR) is 100 cm³/mol. The summed E-state index contributed by atoms with van der Waals surface area (Å²) < 4.78 is 28.2. The van der Waals surface area contributed by atoms with E-state index in [1.165, 1.54) is 31.2 Å². The first-order valence-corrected chi connectivity index (χ1v) is 10.0. The van der Waals surface area contributed by atoms with Crippen molar-refractivity contribution >= 4 is 65.1 Å². The van der Waals surface area contributed by atoms with E-state index in [2.05, 4.69) is 31.9 Å². The van der Waals surface area contributed by atoms with Crippen LogP contribution in [0.5, 0.6) is 0 Å². The van der Waals surface area contributed by atoms with Gasteiger partial charge in [0.1, 0.15) is 6.04 Å². The number of benzene rings is 2. The van der Waals surface area contributed by atoms with Gasteiger partial charge in [-0.2, -0.15) is 0 Å². The van der Waals surface area contributed by atoms with Crippen molar-refractivity contribution in [3.63, 3.8) is 0 Å². The van der Waals surface area contributed by atoms with Crippen molar-refractivity contribution in [2.75, 3.05) is 4.31 Å². The van der Waals surface area contributed by atoms with E-state index in [4.69, 9.17) is 11.6 Å². The maximum absolute atomic E-state index is 13.0. The topological polar surface area (TPSA) is 74.7 Å². The van der Waals surface area contributed by atoms with Crippen LogP contribution in [-0.2, 0) is 14.8 Å². The molecule has 9 heteroatoms. The van der Waals surface area contributed by atoms with Gasteiger partial charge in [0.25, 0.3) is 10.0 Å². The summed E-state index contributed by atoms with van der Waals surface area (Å²) in [7, 11) is -4.12. The highest BCUT2D eigenvalue weighted by Crippen LogP contribution is 2.34. The van der Waals surface area contributed by atoms with Crippen molar-refractivity contribution in [2.24, 2.45) is 0 Å². The normalized spacial score (nSPS) is 12.7. The number of sulfonamides is 1. The number of aliphatic carboxylic acids is 1. The Morgan fingerprint density at radius 1 is 1.12 bits per heavy atom. The molecule has 0 amide bonds. The van der Waals surface area contributed by atoms with Gasteiger partial charge in [0.05, 0.1) is 15.6 Å². The highest BCUT2D eigenvalue weighted by molar-refractivity contribution is 9.10. The third kappa shape index (κ3) is 3.93. The highest BCUT2D eigenvalue weighted by atomic mass is 79.9. The van der Waals surface area contributed by atoms with E-state index in [1.54, 1.807) is 18.2 Å². The Labute approximate surface area is 161 Å². The number of carboxylic acid groups (broad SMARTS) is 1. The molecule has 0 aromatic heterocycles. The van der Waals surface area contributed by atoms with Gasteiger partial charge in [-0.3, -0.25) is 4.31 Å². The maximum atomic E-state index is 13.0. The largest absolute Gasteiger partial charge is 0.480 e. The van der Waals surface area contributed by atoms with Crippen LogP contribution in [0.3, 0.4) is 0 Å². The van der Waals surface area contributed by atoms with Crippen molar-refractivity contribution in [2.45, 2.75) is 17.9 Å². The molecule has 1 unspecified atom stereocenters. The summed E-state index contributed by atoms with van der Waals surface area (Å²) in [5.41, 5.74) is 0.0951. The zero-order valence-electron chi connectivity index (χ0n) is 12.3. The molecule has 1 N–H and O–H groups in total. The minimum atomic E-state index is -4.12. The minimum absolute atomic E-state index is 0.0298. The molecule has 0 saturated carbocycles. The first-order chi connectivity index (χ1) is 11.1. The average molecular weight is 498 g/mol. The molecule has 0 heterocycles. The van der Waals surface area contributed by atoms with Gasteiger partial charge in [-0.1, -0.05) is 43.5 Å². The summed E-state index contributed by atoms with van der Waals surface area (Å²) in [6.45, 7) is 1.29. The monoisotopic (exact) mass is 495 g/mol. The van der Waals surface area contributed by atoms with Crippen molar-refractivity contribution in [3.05, 3.63) is 56.4 Å². The Morgan fingerprint density at radius 3 is 2.17 bits per heavy atom. The molecule has 0 fully saturated rings. The van der Waals surface area contributed by atoms with E-state index in [0.717, 1.165) is 4.31 Å². The molecule has 0 spiro atoms. The minimum Gasteiger partial charge on any atom is -0.480 e. The fraction of sp³-hybridized carbons (Fsp3) is 0.133. The van der Waals surface area contributed by atoms with E-state index in [9.17, 15) is 18.3 Å². The molecule has 0 bridgehead atoms. The molecular weight excluding hydrogens is 485 g/mol. The number of hydrogen-bond acceptors (Lipinski definition) is 3. The Hall–Kier alpha value is -1.09. The van der Waals surface area contributed by atoms with Crippen molar-refractivity contribution in [1.29, 1.82) is 0 Å². The number of hydrogen-bond donors (Lipinski definition) is 1. The van der Waals surface area contributed by atoms with Crippen LogP contribution in [0.2, 0.25) is 5.02 Å². The van der Waals surface area contributed by atoms with Gasteiger partial charge in [-0.25, -0.2) is 13.2 Å². The second kappa shape index (κ2) is 7.43. The van der Waals surface area contributed by atoms with Crippen molar-refractivity contribution in [1.82, 2.24) is 0 Å². The van der Waals surface area contributed by atoms with Crippen molar-refractivity contribution in [3.8, 4) is 0 Å². The van der Waals surface area contributed by atoms with E-state index in [-0.39, 0.29) is 15.6 Å². The standard InChI is InChI=1S/C15H12Br2ClNO4S/c1-9(15(20)21)19(14-7-4-11(17)8-13(14)18)24(22,23)12-5-2-10(16)3-6-12/h2-9H,1H3,(H,20,21). The molecule has 1 atom stereocenters. The van der Waals surface area contributed by atoms with Gasteiger partial charge in [-0.15, -0.1) is 0 Å². The summed E-state index contributed by atoms with van der Waals surface area (Å²) in [6, 6.07) is 9.16. The second-order valence-corrected chi connectivity index (χ2v) is 8.92. The zero-order valence-corrected chi connectivity index (χ0v) is 17.0. The predicted octanol–water partition coefficient (Wildman–Crippen LogP) is 4.53. The molecule has 0 aliphatic carbocycles.